The number of nitriles is 1. The molecule has 7 nitrogen and oxygen atoms in total. The van der Waals surface area contributed by atoms with Gasteiger partial charge in [-0.05, 0) is 48.7 Å². The topological polar surface area (TPSA) is 108 Å². The highest BCUT2D eigenvalue weighted by Gasteiger charge is 2.11. The van der Waals surface area contributed by atoms with Crippen molar-refractivity contribution >= 4 is 35.1 Å². The minimum absolute atomic E-state index is 0.105. The van der Waals surface area contributed by atoms with Gasteiger partial charge < -0.3 is 15.4 Å². The lowest BCUT2D eigenvalue weighted by molar-refractivity contribution is -0.148. The summed E-state index contributed by atoms with van der Waals surface area (Å²) in [5.41, 5.74) is 2.72. The van der Waals surface area contributed by atoms with Gasteiger partial charge in [0.25, 0.3) is 5.91 Å². The summed E-state index contributed by atoms with van der Waals surface area (Å²) in [7, 11) is 0. The summed E-state index contributed by atoms with van der Waals surface area (Å²) in [4.78, 5) is 35.4. The maximum absolute atomic E-state index is 11.9. The molecule has 0 saturated heterocycles. The van der Waals surface area contributed by atoms with Crippen LogP contribution in [0.3, 0.4) is 0 Å². The van der Waals surface area contributed by atoms with Gasteiger partial charge in [-0.1, -0.05) is 29.8 Å². The molecule has 2 N–H and O–H groups in total. The van der Waals surface area contributed by atoms with E-state index in [2.05, 4.69) is 10.6 Å². The van der Waals surface area contributed by atoms with Crippen LogP contribution in [0.4, 0.5) is 5.69 Å². The van der Waals surface area contributed by atoms with Gasteiger partial charge in [-0.25, -0.2) is 0 Å². The van der Waals surface area contributed by atoms with Gasteiger partial charge in [0, 0.05) is 17.1 Å². The number of nitrogens with zero attached hydrogens (tertiary/aromatic N) is 1. The summed E-state index contributed by atoms with van der Waals surface area (Å²) in [5.74, 6) is -1.52. The molecule has 0 aromatic heterocycles. The van der Waals surface area contributed by atoms with E-state index in [0.717, 1.165) is 11.1 Å². The summed E-state index contributed by atoms with van der Waals surface area (Å²) >= 11 is 5.99. The molecule has 0 heterocycles. The molecular formula is C21H20ClN3O4. The zero-order chi connectivity index (χ0) is 21.2. The van der Waals surface area contributed by atoms with Gasteiger partial charge in [-0.2, -0.15) is 5.26 Å². The van der Waals surface area contributed by atoms with Crippen LogP contribution in [0.1, 0.15) is 23.1 Å². The Morgan fingerprint density at radius 3 is 2.52 bits per heavy atom. The first-order valence-electron chi connectivity index (χ1n) is 8.85. The first-order valence-corrected chi connectivity index (χ1v) is 9.23. The Hall–Kier alpha value is -3.37. The minimum atomic E-state index is -0.574. The summed E-state index contributed by atoms with van der Waals surface area (Å²) in [6, 6.07) is 14.0. The smallest absolute Gasteiger partial charge is 0.306 e. The third-order valence-corrected chi connectivity index (χ3v) is 4.46. The van der Waals surface area contributed by atoms with Crippen molar-refractivity contribution in [2.75, 3.05) is 18.5 Å². The highest BCUT2D eigenvalue weighted by Crippen LogP contribution is 2.22. The maximum Gasteiger partial charge on any atom is 0.306 e. The fourth-order valence-corrected chi connectivity index (χ4v) is 2.55. The molecule has 2 aromatic carbocycles. The number of hydrogen-bond donors (Lipinski definition) is 2. The van der Waals surface area contributed by atoms with E-state index in [4.69, 9.17) is 21.6 Å². The Kier molecular flexibility index (Phi) is 8.19. The lowest BCUT2D eigenvalue weighted by Crippen LogP contribution is -2.35. The second-order valence-corrected chi connectivity index (χ2v) is 6.61. The number of nitrogens with one attached hydrogen (secondary N) is 2. The highest BCUT2D eigenvalue weighted by atomic mass is 35.5. The predicted octanol–water partition coefficient (Wildman–Crippen LogP) is 2.75. The van der Waals surface area contributed by atoms with E-state index in [1.807, 2.05) is 6.07 Å². The van der Waals surface area contributed by atoms with Gasteiger partial charge in [0.05, 0.1) is 18.2 Å². The van der Waals surface area contributed by atoms with Crippen molar-refractivity contribution in [3.05, 3.63) is 64.2 Å². The van der Waals surface area contributed by atoms with Crippen LogP contribution in [0.5, 0.6) is 0 Å². The highest BCUT2D eigenvalue weighted by molar-refractivity contribution is 6.31. The van der Waals surface area contributed by atoms with Crippen molar-refractivity contribution in [2.45, 2.75) is 19.8 Å². The van der Waals surface area contributed by atoms with Crippen LogP contribution in [0.15, 0.2) is 42.5 Å². The Morgan fingerprint density at radius 2 is 1.83 bits per heavy atom. The number of esters is 1. The van der Waals surface area contributed by atoms with Crippen molar-refractivity contribution in [3.63, 3.8) is 0 Å². The van der Waals surface area contributed by atoms with E-state index in [-0.39, 0.29) is 13.0 Å². The quantitative estimate of drug-likeness (QED) is 0.647. The number of ether oxygens (including phenoxy) is 1. The summed E-state index contributed by atoms with van der Waals surface area (Å²) < 4.78 is 4.90. The minimum Gasteiger partial charge on any atom is -0.456 e. The molecule has 0 radical (unpaired) electrons. The van der Waals surface area contributed by atoms with Crippen LogP contribution in [-0.4, -0.2) is 30.9 Å². The fraction of sp³-hybridized carbons (Fsp3) is 0.238. The molecule has 2 amide bonds. The Bertz CT molecular complexity index is 936. The molecule has 8 heteroatoms. The van der Waals surface area contributed by atoms with Gasteiger partial charge in [-0.15, -0.1) is 0 Å². The van der Waals surface area contributed by atoms with E-state index in [1.54, 1.807) is 49.4 Å². The average Bonchev–Trinajstić information content (AvgIpc) is 2.73. The summed E-state index contributed by atoms with van der Waals surface area (Å²) in [6.07, 6.45) is 0.543. The molecule has 0 saturated carbocycles. The SMILES string of the molecule is Cc1c(Cl)cccc1NC(=O)CNC(=O)COC(=O)CCc1ccc(C#N)cc1. The predicted molar refractivity (Wildman–Crippen MR) is 108 cm³/mol. The third kappa shape index (κ3) is 7.28. The lowest BCUT2D eigenvalue weighted by atomic mass is 10.1. The first-order chi connectivity index (χ1) is 13.9. The number of amides is 2. The van der Waals surface area contributed by atoms with Crippen LogP contribution in [-0.2, 0) is 25.5 Å². The maximum atomic E-state index is 11.9. The summed E-state index contributed by atoms with van der Waals surface area (Å²) in [5, 5.41) is 14.3. The lowest BCUT2D eigenvalue weighted by Gasteiger charge is -2.10. The molecule has 0 spiro atoms. The number of halogens is 1. The van der Waals surface area contributed by atoms with Crippen LogP contribution >= 0.6 is 11.6 Å². The Balaban J connectivity index is 1.66. The molecule has 0 atom stereocenters. The van der Waals surface area contributed by atoms with Crippen LogP contribution in [0.25, 0.3) is 0 Å². The van der Waals surface area contributed by atoms with E-state index in [9.17, 15) is 14.4 Å². The van der Waals surface area contributed by atoms with Crippen molar-refractivity contribution in [1.29, 1.82) is 5.26 Å². The molecule has 0 aliphatic heterocycles. The van der Waals surface area contributed by atoms with Gasteiger partial charge in [0.2, 0.25) is 5.91 Å². The molecule has 0 fully saturated rings. The molecule has 0 aliphatic carbocycles. The van der Waals surface area contributed by atoms with E-state index in [1.165, 1.54) is 0 Å². The molecule has 150 valence electrons. The number of rotatable bonds is 8. The van der Waals surface area contributed by atoms with Crippen LogP contribution < -0.4 is 10.6 Å². The van der Waals surface area contributed by atoms with E-state index < -0.39 is 24.4 Å². The number of carbonyl (C=O) groups excluding carboxylic acids is 3. The molecular weight excluding hydrogens is 394 g/mol. The molecule has 0 bridgehead atoms. The molecule has 0 aliphatic rings. The molecule has 2 rings (SSSR count). The van der Waals surface area contributed by atoms with Crippen molar-refractivity contribution in [1.82, 2.24) is 5.32 Å². The second-order valence-electron chi connectivity index (χ2n) is 6.21. The van der Waals surface area contributed by atoms with Crippen molar-refractivity contribution < 1.29 is 19.1 Å². The number of benzene rings is 2. The van der Waals surface area contributed by atoms with E-state index in [0.29, 0.717) is 22.7 Å². The zero-order valence-electron chi connectivity index (χ0n) is 15.8. The van der Waals surface area contributed by atoms with Gasteiger partial charge in [-0.3, -0.25) is 14.4 Å². The summed E-state index contributed by atoms with van der Waals surface area (Å²) in [6.45, 7) is 1.05. The largest absolute Gasteiger partial charge is 0.456 e. The number of hydrogen-bond acceptors (Lipinski definition) is 5. The third-order valence-electron chi connectivity index (χ3n) is 4.05. The Labute approximate surface area is 173 Å². The fourth-order valence-electron chi connectivity index (χ4n) is 2.38. The van der Waals surface area contributed by atoms with Crippen molar-refractivity contribution in [2.24, 2.45) is 0 Å². The number of aryl methyl sites for hydroxylation is 1. The van der Waals surface area contributed by atoms with Crippen LogP contribution in [0.2, 0.25) is 5.02 Å². The average molecular weight is 414 g/mol. The second kappa shape index (κ2) is 10.8. The zero-order valence-corrected chi connectivity index (χ0v) is 16.6. The first kappa shape index (κ1) is 21.9. The van der Waals surface area contributed by atoms with Gasteiger partial charge in [0.15, 0.2) is 6.61 Å². The molecule has 2 aromatic rings. The Morgan fingerprint density at radius 1 is 1.10 bits per heavy atom. The molecule has 29 heavy (non-hydrogen) atoms. The van der Waals surface area contributed by atoms with Gasteiger partial charge >= 0.3 is 5.97 Å². The van der Waals surface area contributed by atoms with Crippen molar-refractivity contribution in [3.8, 4) is 6.07 Å². The normalized spacial score (nSPS) is 9.97. The molecule has 0 unspecified atom stereocenters. The van der Waals surface area contributed by atoms with E-state index >= 15 is 0 Å². The van der Waals surface area contributed by atoms with Gasteiger partial charge in [0.1, 0.15) is 0 Å². The van der Waals surface area contributed by atoms with Crippen LogP contribution in [0, 0.1) is 18.3 Å². The number of carbonyl (C=O) groups is 3. The monoisotopic (exact) mass is 413 g/mol. The standard InChI is InChI=1S/C21H20ClN3O4/c1-14-17(22)3-2-4-18(14)25-19(26)12-24-20(27)13-29-21(28)10-9-15-5-7-16(11-23)8-6-15/h2-8H,9-10,12-13H2,1H3,(H,24,27)(H,25,26). The number of anilines is 1.